The normalized spacial score (nSPS) is 50.8. The third-order valence-corrected chi connectivity index (χ3v) is 22.4. The Hall–Kier alpha value is -2.15. The number of carbonyl (C=O) groups excluding carboxylic acids is 3. The molecule has 396 valence electrons. The van der Waals surface area contributed by atoms with E-state index in [1.807, 2.05) is 14.7 Å². The van der Waals surface area contributed by atoms with Gasteiger partial charge in [-0.1, -0.05) is 0 Å². The van der Waals surface area contributed by atoms with Crippen molar-refractivity contribution in [3.05, 3.63) is 34.3 Å². The van der Waals surface area contributed by atoms with Crippen molar-refractivity contribution in [2.75, 3.05) is 0 Å². The predicted octanol–water partition coefficient (Wildman–Crippen LogP) is 0.958. The first-order chi connectivity index (χ1) is 32.8. The molecule has 3 amide bonds. The van der Waals surface area contributed by atoms with Gasteiger partial charge in [-0.05, 0) is 204 Å². The number of aliphatic hydroxyl groups is 3. The standard InChI is InChI=1S/3C18H25N3O2.ClH.Na.2H2O/c3*1-20-14-4-12-3-13(12)21(14)16(22)15(19)17-5-10-2-11(6-17)8-18(23,7-10)9-17;;;;/h3*10-15,23H,2-9,19H2;1H;;2*1H2/q;;;;+1;;/p-1/t3*10?,11?,12-,13-,14-,15?,17?,18?;;;;/m000..../s1. The molecule has 3 heterocycles. The third kappa shape index (κ3) is 8.92. The molecule has 0 aromatic carbocycles. The van der Waals surface area contributed by atoms with Crippen LogP contribution in [0.2, 0.25) is 0 Å². The van der Waals surface area contributed by atoms with Crippen LogP contribution < -0.4 is 46.8 Å². The van der Waals surface area contributed by atoms with E-state index in [4.69, 9.17) is 36.9 Å². The van der Waals surface area contributed by atoms with E-state index in [0.29, 0.717) is 72.5 Å². The van der Waals surface area contributed by atoms with Crippen LogP contribution in [0.15, 0.2) is 0 Å². The van der Waals surface area contributed by atoms with Crippen molar-refractivity contribution in [2.24, 2.45) is 86.7 Å². The molecule has 18 atom stereocenters. The molecule has 17 nitrogen and oxygen atoms in total. The minimum absolute atomic E-state index is 0. The topological polar surface area (TPSA) is 274 Å². The summed E-state index contributed by atoms with van der Waals surface area (Å²) in [5.41, 5.74) is 17.2. The fourth-order valence-electron chi connectivity index (χ4n) is 20.8. The van der Waals surface area contributed by atoms with Crippen molar-refractivity contribution in [3.63, 3.8) is 0 Å². The maximum absolute atomic E-state index is 13.1. The summed E-state index contributed by atoms with van der Waals surface area (Å²) in [5.74, 6) is 4.75. The molecule has 15 aliphatic carbocycles. The van der Waals surface area contributed by atoms with Crippen molar-refractivity contribution in [1.82, 2.24) is 14.7 Å². The van der Waals surface area contributed by atoms with Gasteiger partial charge < -0.3 is 43.5 Å². The van der Waals surface area contributed by atoms with Crippen molar-refractivity contribution >= 4 is 30.1 Å². The van der Waals surface area contributed by atoms with Gasteiger partial charge in [0.15, 0.2) is 0 Å². The Morgan fingerprint density at radius 1 is 0.438 bits per heavy atom. The van der Waals surface area contributed by atoms with E-state index in [0.717, 1.165) is 116 Å². The van der Waals surface area contributed by atoms with Crippen LogP contribution in [-0.2, 0) is 14.4 Å². The smallest absolute Gasteiger partial charge is 0.870 e. The predicted molar refractivity (Wildman–Crippen MR) is 264 cm³/mol. The molecule has 73 heavy (non-hydrogen) atoms. The van der Waals surface area contributed by atoms with E-state index >= 15 is 0 Å². The molecule has 12 bridgehead atoms. The SMILES string of the molecule is Cl.O.[C-]#[N+][C@@H]1C[C@@H]2C[C@@H]2N1C(=O)C(N)C12CC3CC(CC(O)(C3)C1)C2.[C-]#[N+][C@@H]1C[C@@H]2C[C@@H]2N1C(=O)C(N)C12CC3CC(CC(O)(C3)C1)C2.[C-]#[N+][C@@H]1C[C@@H]2C[C@@H]2N1C(=O)C(N)C12CC3CC(CC(O)(C3)C1)C2.[Na+].[OH-]. The van der Waals surface area contributed by atoms with Crippen molar-refractivity contribution in [2.45, 2.75) is 226 Å². The van der Waals surface area contributed by atoms with Crippen LogP contribution in [0.5, 0.6) is 0 Å². The summed E-state index contributed by atoms with van der Waals surface area (Å²) in [7, 11) is 0. The number of hydrogen-bond donors (Lipinski definition) is 6. The van der Waals surface area contributed by atoms with Gasteiger partial charge in [-0.3, -0.25) is 43.6 Å². The maximum Gasteiger partial charge on any atom is 1.00 e. The average molecular weight is 1040 g/mol. The Bertz CT molecular complexity index is 2070. The maximum atomic E-state index is 13.1. The number of fused-ring (bicyclic) bond motifs is 3. The minimum atomic E-state index is -0.589. The van der Waals surface area contributed by atoms with E-state index in [9.17, 15) is 29.7 Å². The zero-order valence-corrected chi connectivity index (χ0v) is 45.5. The van der Waals surface area contributed by atoms with E-state index in [2.05, 4.69) is 14.5 Å². The van der Waals surface area contributed by atoms with Crippen molar-refractivity contribution in [1.29, 1.82) is 0 Å². The summed E-state index contributed by atoms with van der Waals surface area (Å²) in [4.78, 5) is 55.9. The van der Waals surface area contributed by atoms with Gasteiger partial charge in [0.1, 0.15) is 0 Å². The summed E-state index contributed by atoms with van der Waals surface area (Å²) in [6, 6.07) is -0.811. The third-order valence-electron chi connectivity index (χ3n) is 22.4. The van der Waals surface area contributed by atoms with E-state index < -0.39 is 34.9 Å². The van der Waals surface area contributed by atoms with Gasteiger partial charge in [0.25, 0.3) is 0 Å². The van der Waals surface area contributed by atoms with Crippen LogP contribution in [0.4, 0.5) is 0 Å². The molecule has 18 aliphatic rings. The molecule has 15 saturated carbocycles. The molecule has 3 saturated heterocycles. The summed E-state index contributed by atoms with van der Waals surface area (Å²) in [6.07, 6.45) is 21.7. The second-order valence-corrected chi connectivity index (χ2v) is 27.5. The average Bonchev–Trinajstić information content (AvgIpc) is 4.25. The van der Waals surface area contributed by atoms with Crippen LogP contribution in [0.3, 0.4) is 0 Å². The first kappa shape index (κ1) is 55.6. The molecule has 0 spiro atoms. The molecule has 3 aliphatic heterocycles. The number of likely N-dealkylation sites (tertiary alicyclic amines) is 3. The quantitative estimate of drug-likeness (QED) is 0.162. The first-order valence-electron chi connectivity index (χ1n) is 27.3. The monoisotopic (exact) mass is 1040 g/mol. The molecule has 18 rings (SSSR count). The summed E-state index contributed by atoms with van der Waals surface area (Å²) >= 11 is 0. The zero-order chi connectivity index (χ0) is 47.9. The zero-order valence-electron chi connectivity index (χ0n) is 42.7. The number of piperidine rings is 3. The molecule has 12 N–H and O–H groups in total. The second kappa shape index (κ2) is 18.8. The molecule has 0 aromatic heterocycles. The second-order valence-electron chi connectivity index (χ2n) is 27.5. The van der Waals surface area contributed by atoms with Crippen LogP contribution in [0, 0.1) is 89.2 Å². The largest absolute Gasteiger partial charge is 1.00 e. The van der Waals surface area contributed by atoms with Gasteiger partial charge in [0.2, 0.25) is 17.7 Å². The van der Waals surface area contributed by atoms with Crippen LogP contribution in [-0.4, -0.2) is 130 Å². The number of hydrogen-bond acceptors (Lipinski definition) is 10. The number of halogens is 1. The van der Waals surface area contributed by atoms with Gasteiger partial charge in [0.05, 0.1) is 34.9 Å². The Kier molecular flexibility index (Phi) is 14.3. The molecule has 19 heteroatoms. The summed E-state index contributed by atoms with van der Waals surface area (Å²) in [6.45, 7) is 22.1. The number of carbonyl (C=O) groups is 3. The first-order valence-corrected chi connectivity index (χ1v) is 27.3. The Labute approximate surface area is 459 Å². The fraction of sp³-hybridized carbons (Fsp3) is 0.889. The number of nitrogens with zero attached hydrogens (tertiary/aromatic N) is 6. The van der Waals surface area contributed by atoms with Crippen LogP contribution >= 0.6 is 12.4 Å². The van der Waals surface area contributed by atoms with Crippen LogP contribution in [0.1, 0.15) is 154 Å². The molecular formula is C54H79ClN9NaO8. The van der Waals surface area contributed by atoms with Crippen molar-refractivity contribution in [3.8, 4) is 0 Å². The Balaban J connectivity index is 0.000000131. The fourth-order valence-corrected chi connectivity index (χ4v) is 20.8. The summed E-state index contributed by atoms with van der Waals surface area (Å²) < 4.78 is 0. The van der Waals surface area contributed by atoms with Crippen LogP contribution in [0.25, 0.3) is 14.5 Å². The van der Waals surface area contributed by atoms with E-state index in [1.165, 1.54) is 19.3 Å². The van der Waals surface area contributed by atoms with E-state index in [1.54, 1.807) is 0 Å². The van der Waals surface area contributed by atoms with Gasteiger partial charge >= 0.3 is 48.1 Å². The van der Waals surface area contributed by atoms with E-state index in [-0.39, 0.29) is 124 Å². The molecular weight excluding hydrogens is 961 g/mol. The van der Waals surface area contributed by atoms with Gasteiger partial charge in [-0.2, -0.15) is 0 Å². The molecule has 0 radical (unpaired) electrons. The van der Waals surface area contributed by atoms with Crippen molar-refractivity contribution < 1.29 is 70.2 Å². The number of rotatable bonds is 6. The molecule has 0 aromatic rings. The number of amides is 3. The molecule has 9 unspecified atom stereocenters. The Morgan fingerprint density at radius 2 is 0.658 bits per heavy atom. The van der Waals surface area contributed by atoms with Gasteiger partial charge in [-0.15, -0.1) is 12.4 Å². The minimum Gasteiger partial charge on any atom is -0.870 e. The van der Waals surface area contributed by atoms with Gasteiger partial charge in [-0.25, -0.2) is 19.7 Å². The Morgan fingerprint density at radius 3 is 0.849 bits per heavy atom. The summed E-state index contributed by atoms with van der Waals surface area (Å²) in [5, 5.41) is 32.7. The molecule has 18 fully saturated rings. The van der Waals surface area contributed by atoms with Gasteiger partial charge in [0, 0.05) is 37.4 Å². The number of nitrogens with two attached hydrogens (primary N) is 3.